The summed E-state index contributed by atoms with van der Waals surface area (Å²) in [5, 5.41) is 3.42. The first-order valence-electron chi connectivity index (χ1n) is 8.04. The van der Waals surface area contributed by atoms with Gasteiger partial charge in [-0.1, -0.05) is 25.1 Å². The van der Waals surface area contributed by atoms with Gasteiger partial charge in [-0.2, -0.15) is 0 Å². The van der Waals surface area contributed by atoms with Crippen LogP contribution in [0.5, 0.6) is 0 Å². The van der Waals surface area contributed by atoms with Gasteiger partial charge in [-0.15, -0.1) is 0 Å². The first kappa shape index (κ1) is 14.1. The number of piperazine rings is 1. The predicted molar refractivity (Wildman–Crippen MR) is 83.8 cm³/mol. The zero-order valence-corrected chi connectivity index (χ0v) is 12.9. The summed E-state index contributed by atoms with van der Waals surface area (Å²) in [5.41, 5.74) is 4.60. The molecule has 1 fully saturated rings. The largest absolute Gasteiger partial charge is 0.314 e. The minimum absolute atomic E-state index is 0.682. The lowest BCUT2D eigenvalue weighted by Crippen LogP contribution is -2.43. The number of likely N-dealkylation sites (N-methyl/N-ethyl adjacent to an activating group) is 1. The summed E-state index contributed by atoms with van der Waals surface area (Å²) in [4.78, 5) is 5.13. The van der Waals surface area contributed by atoms with Gasteiger partial charge in [0, 0.05) is 45.3 Å². The van der Waals surface area contributed by atoms with E-state index < -0.39 is 0 Å². The molecule has 2 aliphatic heterocycles. The van der Waals surface area contributed by atoms with Crippen molar-refractivity contribution in [1.29, 1.82) is 0 Å². The fourth-order valence-corrected chi connectivity index (χ4v) is 3.49. The van der Waals surface area contributed by atoms with Gasteiger partial charge in [0.05, 0.1) is 0 Å². The van der Waals surface area contributed by atoms with Crippen LogP contribution in [0.1, 0.15) is 30.5 Å². The van der Waals surface area contributed by atoms with Crippen LogP contribution in [0.4, 0.5) is 0 Å². The van der Waals surface area contributed by atoms with Crippen LogP contribution in [0.25, 0.3) is 0 Å². The monoisotopic (exact) mass is 273 g/mol. The summed E-state index contributed by atoms with van der Waals surface area (Å²) in [6.45, 7) is 12.6. The first-order chi connectivity index (χ1) is 9.76. The van der Waals surface area contributed by atoms with Crippen molar-refractivity contribution in [3.8, 4) is 0 Å². The lowest BCUT2D eigenvalue weighted by molar-refractivity contribution is 0.194. The van der Waals surface area contributed by atoms with Crippen LogP contribution in [-0.4, -0.2) is 48.6 Å². The third kappa shape index (κ3) is 3.05. The van der Waals surface area contributed by atoms with E-state index in [4.69, 9.17) is 0 Å². The Balaban J connectivity index is 1.71. The van der Waals surface area contributed by atoms with E-state index in [2.05, 4.69) is 47.2 Å². The molecule has 1 unspecified atom stereocenters. The quantitative estimate of drug-likeness (QED) is 0.907. The molecule has 3 heteroatoms. The molecule has 3 nitrogen and oxygen atoms in total. The SMILES string of the molecule is CCN1Cc2ccc(CN3CCNCC3)cc2CC1C. The predicted octanol–water partition coefficient (Wildman–Crippen LogP) is 1.86. The van der Waals surface area contributed by atoms with Crippen molar-refractivity contribution >= 4 is 0 Å². The number of benzene rings is 1. The number of hydrogen-bond acceptors (Lipinski definition) is 3. The number of fused-ring (bicyclic) bond motifs is 1. The Morgan fingerprint density at radius 3 is 2.75 bits per heavy atom. The minimum atomic E-state index is 0.682. The Kier molecular flexibility index (Phi) is 4.39. The van der Waals surface area contributed by atoms with E-state index in [1.54, 1.807) is 5.56 Å². The highest BCUT2D eigenvalue weighted by Crippen LogP contribution is 2.24. The third-order valence-electron chi connectivity index (χ3n) is 4.80. The highest BCUT2D eigenvalue weighted by atomic mass is 15.2. The molecular formula is C17H27N3. The lowest BCUT2D eigenvalue weighted by atomic mass is 9.93. The average Bonchev–Trinajstić information content (AvgIpc) is 2.47. The Labute approximate surface area is 123 Å². The van der Waals surface area contributed by atoms with E-state index >= 15 is 0 Å². The van der Waals surface area contributed by atoms with Crippen LogP contribution >= 0.6 is 0 Å². The second-order valence-corrected chi connectivity index (χ2v) is 6.25. The van der Waals surface area contributed by atoms with Gasteiger partial charge in [0.25, 0.3) is 0 Å². The molecule has 0 radical (unpaired) electrons. The van der Waals surface area contributed by atoms with E-state index in [-0.39, 0.29) is 0 Å². The summed E-state index contributed by atoms with van der Waals surface area (Å²) in [5.74, 6) is 0. The van der Waals surface area contributed by atoms with Crippen LogP contribution < -0.4 is 5.32 Å². The van der Waals surface area contributed by atoms with Crippen LogP contribution in [-0.2, 0) is 19.5 Å². The second-order valence-electron chi connectivity index (χ2n) is 6.25. The standard InChI is InChI=1S/C17H27N3/c1-3-20-13-16-5-4-15(11-17(16)10-14(20)2)12-19-8-6-18-7-9-19/h4-5,11,14,18H,3,6-10,12-13H2,1-2H3. The highest BCUT2D eigenvalue weighted by molar-refractivity contribution is 5.34. The minimum Gasteiger partial charge on any atom is -0.314 e. The van der Waals surface area contributed by atoms with Gasteiger partial charge >= 0.3 is 0 Å². The first-order valence-corrected chi connectivity index (χ1v) is 8.04. The third-order valence-corrected chi connectivity index (χ3v) is 4.80. The fraction of sp³-hybridized carbons (Fsp3) is 0.647. The molecule has 0 spiro atoms. The van der Waals surface area contributed by atoms with Gasteiger partial charge in [-0.05, 0) is 36.6 Å². The van der Waals surface area contributed by atoms with Crippen molar-refractivity contribution in [1.82, 2.24) is 15.1 Å². The maximum Gasteiger partial charge on any atom is 0.0239 e. The molecule has 1 aromatic carbocycles. The van der Waals surface area contributed by atoms with E-state index in [9.17, 15) is 0 Å². The Morgan fingerprint density at radius 1 is 1.20 bits per heavy atom. The van der Waals surface area contributed by atoms with Gasteiger partial charge < -0.3 is 5.32 Å². The number of nitrogens with zero attached hydrogens (tertiary/aromatic N) is 2. The van der Waals surface area contributed by atoms with Crippen molar-refractivity contribution in [3.63, 3.8) is 0 Å². The zero-order valence-electron chi connectivity index (χ0n) is 12.9. The summed E-state index contributed by atoms with van der Waals surface area (Å²) >= 11 is 0. The molecule has 2 heterocycles. The summed E-state index contributed by atoms with van der Waals surface area (Å²) < 4.78 is 0. The van der Waals surface area contributed by atoms with E-state index in [0.717, 1.165) is 32.7 Å². The average molecular weight is 273 g/mol. The van der Waals surface area contributed by atoms with Crippen molar-refractivity contribution in [2.24, 2.45) is 0 Å². The van der Waals surface area contributed by atoms with Crippen LogP contribution in [0.3, 0.4) is 0 Å². The Morgan fingerprint density at radius 2 is 2.00 bits per heavy atom. The molecule has 1 aromatic rings. The van der Waals surface area contributed by atoms with Gasteiger partial charge in [-0.25, -0.2) is 0 Å². The normalized spacial score (nSPS) is 24.6. The van der Waals surface area contributed by atoms with Gasteiger partial charge in [-0.3, -0.25) is 9.80 Å². The van der Waals surface area contributed by atoms with Gasteiger partial charge in [0.2, 0.25) is 0 Å². The Hall–Kier alpha value is -0.900. The molecule has 20 heavy (non-hydrogen) atoms. The molecule has 3 rings (SSSR count). The summed E-state index contributed by atoms with van der Waals surface area (Å²) in [7, 11) is 0. The topological polar surface area (TPSA) is 18.5 Å². The Bertz CT molecular complexity index is 452. The molecule has 2 aliphatic rings. The molecular weight excluding hydrogens is 246 g/mol. The van der Waals surface area contributed by atoms with Crippen LogP contribution in [0, 0.1) is 0 Å². The maximum atomic E-state index is 3.42. The summed E-state index contributed by atoms with van der Waals surface area (Å²) in [6.07, 6.45) is 1.21. The molecule has 0 amide bonds. The molecule has 1 saturated heterocycles. The zero-order chi connectivity index (χ0) is 13.9. The molecule has 0 aliphatic carbocycles. The summed E-state index contributed by atoms with van der Waals surface area (Å²) in [6, 6.07) is 7.84. The smallest absolute Gasteiger partial charge is 0.0239 e. The van der Waals surface area contributed by atoms with Crippen molar-refractivity contribution in [2.75, 3.05) is 32.7 Å². The van der Waals surface area contributed by atoms with Gasteiger partial charge in [0.15, 0.2) is 0 Å². The molecule has 0 saturated carbocycles. The lowest BCUT2D eigenvalue weighted by Gasteiger charge is -2.34. The maximum absolute atomic E-state index is 3.42. The number of nitrogens with one attached hydrogen (secondary N) is 1. The molecule has 110 valence electrons. The van der Waals surface area contributed by atoms with Crippen LogP contribution in [0.15, 0.2) is 18.2 Å². The van der Waals surface area contributed by atoms with E-state index in [0.29, 0.717) is 6.04 Å². The van der Waals surface area contributed by atoms with Crippen LogP contribution in [0.2, 0.25) is 0 Å². The van der Waals surface area contributed by atoms with Crippen molar-refractivity contribution in [3.05, 3.63) is 34.9 Å². The van der Waals surface area contributed by atoms with E-state index in [1.165, 1.54) is 30.6 Å². The van der Waals surface area contributed by atoms with Gasteiger partial charge in [0.1, 0.15) is 0 Å². The number of rotatable bonds is 3. The molecule has 0 bridgehead atoms. The molecule has 1 atom stereocenters. The molecule has 1 N–H and O–H groups in total. The fourth-order valence-electron chi connectivity index (χ4n) is 3.49. The van der Waals surface area contributed by atoms with Crippen molar-refractivity contribution in [2.45, 2.75) is 39.4 Å². The van der Waals surface area contributed by atoms with Crippen molar-refractivity contribution < 1.29 is 0 Å². The number of hydrogen-bond donors (Lipinski definition) is 1. The van der Waals surface area contributed by atoms with E-state index in [1.807, 2.05) is 0 Å². The molecule has 0 aromatic heterocycles. The second kappa shape index (κ2) is 6.25. The highest BCUT2D eigenvalue weighted by Gasteiger charge is 2.21.